The summed E-state index contributed by atoms with van der Waals surface area (Å²) in [5.41, 5.74) is 0.995. The van der Waals surface area contributed by atoms with Gasteiger partial charge < -0.3 is 0 Å². The van der Waals surface area contributed by atoms with Gasteiger partial charge in [-0.3, -0.25) is 0 Å². The summed E-state index contributed by atoms with van der Waals surface area (Å²) in [6.45, 7) is 8.43. The highest BCUT2D eigenvalue weighted by Crippen LogP contribution is 2.14. The zero-order valence-corrected chi connectivity index (χ0v) is 13.4. The largest absolute Gasteiger partial charge is 0.212 e. The van der Waals surface area contributed by atoms with Gasteiger partial charge in [-0.15, -0.1) is 0 Å². The number of benzene rings is 1. The molecule has 0 saturated carbocycles. The molecule has 1 unspecified atom stereocenters. The fraction of sp³-hybridized carbons (Fsp3) is 0.538. The zero-order valence-electron chi connectivity index (χ0n) is 11.6. The predicted octanol–water partition coefficient (Wildman–Crippen LogP) is 3.01. The average Bonchev–Trinajstić information content (AvgIpc) is 2.26. The second kappa shape index (κ2) is 5.99. The van der Waals surface area contributed by atoms with Gasteiger partial charge in [0.25, 0.3) is 0 Å². The Hall–Kier alpha value is -0.653. The molecule has 0 aromatic heterocycles. The molecule has 18 heavy (non-hydrogen) atoms. The first-order chi connectivity index (χ1) is 8.20. The summed E-state index contributed by atoms with van der Waals surface area (Å²) >= 11 is 0. The maximum Gasteiger partial charge on any atom is 0.211 e. The molecule has 0 aliphatic carbocycles. The number of sulfonamides is 1. The molecule has 0 bridgehead atoms. The van der Waals surface area contributed by atoms with Crippen LogP contribution in [0.15, 0.2) is 30.3 Å². The van der Waals surface area contributed by atoms with Crippen molar-refractivity contribution in [2.45, 2.75) is 38.7 Å². The van der Waals surface area contributed by atoms with Crippen molar-refractivity contribution in [2.75, 3.05) is 5.75 Å². The van der Waals surface area contributed by atoms with E-state index in [4.69, 9.17) is 0 Å². The van der Waals surface area contributed by atoms with Crippen LogP contribution in [0, 0.1) is 0 Å². The molecule has 0 aliphatic rings. The van der Waals surface area contributed by atoms with Crippen molar-refractivity contribution in [2.24, 2.45) is 0 Å². The Morgan fingerprint density at radius 1 is 1.17 bits per heavy atom. The van der Waals surface area contributed by atoms with Crippen molar-refractivity contribution < 1.29 is 8.42 Å². The molecule has 0 aliphatic heterocycles. The van der Waals surface area contributed by atoms with Crippen molar-refractivity contribution in [1.29, 1.82) is 0 Å². The lowest BCUT2D eigenvalue weighted by molar-refractivity contribution is 0.568. The highest BCUT2D eigenvalue weighted by molar-refractivity contribution is 7.89. The summed E-state index contributed by atoms with van der Waals surface area (Å²) in [5, 5.41) is 0. The van der Waals surface area contributed by atoms with Crippen molar-refractivity contribution in [3.05, 3.63) is 35.9 Å². The van der Waals surface area contributed by atoms with Crippen LogP contribution in [-0.4, -0.2) is 22.2 Å². The van der Waals surface area contributed by atoms with E-state index in [1.54, 1.807) is 0 Å². The van der Waals surface area contributed by atoms with E-state index in [1.807, 2.05) is 37.3 Å². The summed E-state index contributed by atoms with van der Waals surface area (Å²) in [5.74, 6) is 0.236. The van der Waals surface area contributed by atoms with E-state index in [-0.39, 0.29) is 11.8 Å². The molecule has 0 heterocycles. The van der Waals surface area contributed by atoms with E-state index in [0.717, 1.165) is 11.6 Å². The van der Waals surface area contributed by atoms with E-state index in [9.17, 15) is 8.42 Å². The Labute approximate surface area is 112 Å². The minimum absolute atomic E-state index is 0.169. The molecule has 1 atom stereocenters. The van der Waals surface area contributed by atoms with E-state index in [2.05, 4.69) is 24.4 Å². The monoisotopic (exact) mass is 285 g/mol. The third-order valence-corrected chi connectivity index (χ3v) is 6.34. The van der Waals surface area contributed by atoms with Crippen molar-refractivity contribution in [1.82, 2.24) is 4.72 Å². The topological polar surface area (TPSA) is 46.2 Å². The van der Waals surface area contributed by atoms with Crippen LogP contribution in [0.2, 0.25) is 25.7 Å². The van der Waals surface area contributed by atoms with Crippen molar-refractivity contribution >= 4 is 18.1 Å². The molecule has 1 aromatic rings. The minimum Gasteiger partial charge on any atom is -0.212 e. The fourth-order valence-electron chi connectivity index (χ4n) is 1.58. The van der Waals surface area contributed by atoms with E-state index < -0.39 is 18.1 Å². The highest BCUT2D eigenvalue weighted by Gasteiger charge is 2.20. The lowest BCUT2D eigenvalue weighted by Gasteiger charge is -2.18. The Kier molecular flexibility index (Phi) is 5.13. The molecule has 0 saturated heterocycles. The fourth-order valence-corrected chi connectivity index (χ4v) is 5.90. The van der Waals surface area contributed by atoms with Gasteiger partial charge >= 0.3 is 0 Å². The summed E-state index contributed by atoms with van der Waals surface area (Å²) < 4.78 is 26.7. The molecule has 0 spiro atoms. The third-order valence-electron chi connectivity index (χ3n) is 2.78. The summed E-state index contributed by atoms with van der Waals surface area (Å²) in [6.07, 6.45) is 0. The third kappa shape index (κ3) is 5.80. The van der Waals surface area contributed by atoms with Crippen LogP contribution in [0.4, 0.5) is 0 Å². The average molecular weight is 285 g/mol. The number of hydrogen-bond donors (Lipinski definition) is 1. The van der Waals surface area contributed by atoms with Crippen LogP contribution >= 0.6 is 0 Å². The Morgan fingerprint density at radius 3 is 2.22 bits per heavy atom. The van der Waals surface area contributed by atoms with Crippen LogP contribution in [0.25, 0.3) is 0 Å². The summed E-state index contributed by atoms with van der Waals surface area (Å²) in [7, 11) is -4.49. The van der Waals surface area contributed by atoms with Crippen LogP contribution in [-0.2, 0) is 10.0 Å². The van der Waals surface area contributed by atoms with Gasteiger partial charge in [0.2, 0.25) is 10.0 Å². The van der Waals surface area contributed by atoms with Gasteiger partial charge in [-0.05, 0) is 18.5 Å². The number of nitrogens with one attached hydrogen (secondary N) is 1. The van der Waals surface area contributed by atoms with E-state index in [1.165, 1.54) is 0 Å². The van der Waals surface area contributed by atoms with Gasteiger partial charge in [0.1, 0.15) is 0 Å². The highest BCUT2D eigenvalue weighted by atomic mass is 32.2. The first-order valence-electron chi connectivity index (χ1n) is 6.25. The molecule has 0 fully saturated rings. The second-order valence-corrected chi connectivity index (χ2v) is 13.4. The minimum atomic E-state index is -3.18. The molecule has 5 heteroatoms. The molecule has 1 N–H and O–H groups in total. The predicted molar refractivity (Wildman–Crippen MR) is 79.9 cm³/mol. The maximum absolute atomic E-state index is 12.0. The van der Waals surface area contributed by atoms with Crippen LogP contribution in [0.3, 0.4) is 0 Å². The summed E-state index contributed by atoms with van der Waals surface area (Å²) in [4.78, 5) is 0. The first-order valence-corrected chi connectivity index (χ1v) is 11.6. The Balaban J connectivity index is 2.61. The van der Waals surface area contributed by atoms with E-state index in [0.29, 0.717) is 0 Å². The quantitative estimate of drug-likeness (QED) is 0.817. The second-order valence-electron chi connectivity index (χ2n) is 5.88. The molecule has 102 valence electrons. The van der Waals surface area contributed by atoms with Gasteiger partial charge in [-0.1, -0.05) is 50.0 Å². The maximum atomic E-state index is 12.0. The zero-order chi connectivity index (χ0) is 13.8. The lowest BCUT2D eigenvalue weighted by Crippen LogP contribution is -2.32. The Bertz CT molecular complexity index is 466. The summed E-state index contributed by atoms with van der Waals surface area (Å²) in [6, 6.07) is 10.3. The normalized spacial score (nSPS) is 14.4. The molecule has 1 aromatic carbocycles. The molecule has 3 nitrogen and oxygen atoms in total. The smallest absolute Gasteiger partial charge is 0.211 e. The van der Waals surface area contributed by atoms with Crippen molar-refractivity contribution in [3.63, 3.8) is 0 Å². The molecule has 0 amide bonds. The molecular weight excluding hydrogens is 262 g/mol. The van der Waals surface area contributed by atoms with Gasteiger partial charge in [0.05, 0.1) is 5.75 Å². The number of rotatable bonds is 6. The molecule has 0 radical (unpaired) electrons. The van der Waals surface area contributed by atoms with Crippen LogP contribution < -0.4 is 4.72 Å². The van der Waals surface area contributed by atoms with Gasteiger partial charge in [-0.25, -0.2) is 13.1 Å². The van der Waals surface area contributed by atoms with Crippen molar-refractivity contribution in [3.8, 4) is 0 Å². The van der Waals surface area contributed by atoms with Crippen LogP contribution in [0.1, 0.15) is 18.5 Å². The first kappa shape index (κ1) is 15.4. The van der Waals surface area contributed by atoms with Crippen LogP contribution in [0.5, 0.6) is 0 Å². The van der Waals surface area contributed by atoms with Gasteiger partial charge in [-0.2, -0.15) is 0 Å². The standard InChI is InChI=1S/C13H23NO2SSi/c1-12(13-8-6-5-7-9-13)14-17(15,16)10-11-18(2,3)4/h5-9,12,14H,10-11H2,1-4H3. The van der Waals surface area contributed by atoms with E-state index >= 15 is 0 Å². The lowest BCUT2D eigenvalue weighted by atomic mass is 10.1. The SMILES string of the molecule is CC(NS(=O)(=O)CC[Si](C)(C)C)c1ccccc1. The van der Waals surface area contributed by atoms with Gasteiger partial charge in [0, 0.05) is 14.1 Å². The number of hydrogen-bond acceptors (Lipinski definition) is 2. The van der Waals surface area contributed by atoms with Gasteiger partial charge in [0.15, 0.2) is 0 Å². The Morgan fingerprint density at radius 2 is 1.72 bits per heavy atom. The molecule has 1 rings (SSSR count). The molecular formula is C13H23NO2SSi.